The fourth-order valence-corrected chi connectivity index (χ4v) is 2.90. The lowest BCUT2D eigenvalue weighted by atomic mass is 10.1. The first kappa shape index (κ1) is 18.6. The van der Waals surface area contributed by atoms with Gasteiger partial charge in [0.1, 0.15) is 11.9 Å². The second-order valence-corrected chi connectivity index (χ2v) is 6.30. The molecule has 8 nitrogen and oxygen atoms in total. The summed E-state index contributed by atoms with van der Waals surface area (Å²) < 4.78 is 20.7. The van der Waals surface area contributed by atoms with Crippen LogP contribution in [0, 0.1) is 11.8 Å². The van der Waals surface area contributed by atoms with Gasteiger partial charge in [-0.3, -0.25) is 9.36 Å². The Labute approximate surface area is 142 Å². The van der Waals surface area contributed by atoms with Crippen LogP contribution in [0.3, 0.4) is 0 Å². The first-order valence-corrected chi connectivity index (χ1v) is 7.84. The van der Waals surface area contributed by atoms with Crippen LogP contribution >= 0.6 is 11.6 Å². The molecule has 5 unspecified atom stereocenters. The van der Waals surface area contributed by atoms with E-state index in [2.05, 4.69) is 4.98 Å². The first-order chi connectivity index (χ1) is 11.2. The van der Waals surface area contributed by atoms with E-state index in [1.165, 1.54) is 6.07 Å². The highest BCUT2D eigenvalue weighted by atomic mass is 35.5. The lowest BCUT2D eigenvalue weighted by Gasteiger charge is -2.27. The maximum atomic E-state index is 14.9. The highest BCUT2D eigenvalue weighted by Crippen LogP contribution is 2.53. The normalized spacial score (nSPS) is 28.5. The van der Waals surface area contributed by atoms with Crippen LogP contribution in [0.2, 0.25) is 0 Å². The monoisotopic (exact) mass is 363 g/mol. The second-order valence-electron chi connectivity index (χ2n) is 5.99. The fraction of sp³-hybridized carbons (Fsp3) is 0.643. The molecule has 0 bridgehead atoms. The number of carbonyl (C=O) groups excluding carboxylic acids is 1. The standard InChI is InChI=1S/C14H19ClFN3O5/c1-6(2)12(22)24-14(7(5-15)10(14)20)9(16)11(21)19-4-3-8(17)18-13(19)23/h3-4,6-7,9-11,20-21H,5H2,1-2H3,(H2,17,18,23). The molecular weight excluding hydrogens is 345 g/mol. The van der Waals surface area contributed by atoms with E-state index in [4.69, 9.17) is 22.1 Å². The number of hydrogen-bond donors (Lipinski definition) is 3. The molecule has 1 saturated carbocycles. The third-order valence-corrected chi connectivity index (χ3v) is 4.39. The van der Waals surface area contributed by atoms with Gasteiger partial charge in [-0.2, -0.15) is 4.98 Å². The lowest BCUT2D eigenvalue weighted by Crippen LogP contribution is -2.44. The Kier molecular flexibility index (Phi) is 5.17. The van der Waals surface area contributed by atoms with Crippen molar-refractivity contribution < 1.29 is 24.1 Å². The minimum atomic E-state index is -2.29. The Bertz CT molecular complexity index is 685. The van der Waals surface area contributed by atoms with E-state index in [1.54, 1.807) is 13.8 Å². The number of halogens is 2. The van der Waals surface area contributed by atoms with Crippen molar-refractivity contribution in [2.75, 3.05) is 11.6 Å². The van der Waals surface area contributed by atoms with E-state index in [9.17, 15) is 24.2 Å². The van der Waals surface area contributed by atoms with Gasteiger partial charge in [0.25, 0.3) is 0 Å². The number of anilines is 1. The van der Waals surface area contributed by atoms with Crippen LogP contribution in [-0.2, 0) is 9.53 Å². The smallest absolute Gasteiger partial charge is 0.351 e. The number of aliphatic hydroxyl groups is 2. The van der Waals surface area contributed by atoms with Gasteiger partial charge >= 0.3 is 11.7 Å². The van der Waals surface area contributed by atoms with Crippen molar-refractivity contribution in [3.8, 4) is 0 Å². The Morgan fingerprint density at radius 2 is 2.25 bits per heavy atom. The predicted octanol–water partition coefficient (Wildman–Crippen LogP) is -0.178. The molecule has 4 N–H and O–H groups in total. The molecule has 5 atom stereocenters. The average Bonchev–Trinajstić information content (AvgIpc) is 3.09. The number of carbonyl (C=O) groups is 1. The number of ether oxygens (including phenoxy) is 1. The van der Waals surface area contributed by atoms with Gasteiger partial charge in [0.15, 0.2) is 18.0 Å². The molecule has 1 aromatic heterocycles. The molecule has 0 saturated heterocycles. The van der Waals surface area contributed by atoms with Gasteiger partial charge in [-0.05, 0) is 6.07 Å². The number of nitrogens with zero attached hydrogens (tertiary/aromatic N) is 2. The van der Waals surface area contributed by atoms with E-state index in [-0.39, 0.29) is 11.7 Å². The third-order valence-electron chi connectivity index (χ3n) is 4.06. The molecule has 0 aromatic carbocycles. The molecule has 1 heterocycles. The quantitative estimate of drug-likeness (QED) is 0.472. The van der Waals surface area contributed by atoms with Gasteiger partial charge in [0.05, 0.1) is 5.92 Å². The summed E-state index contributed by atoms with van der Waals surface area (Å²) in [4.78, 5) is 27.0. The van der Waals surface area contributed by atoms with Gasteiger partial charge in [0, 0.05) is 18.0 Å². The zero-order valence-electron chi connectivity index (χ0n) is 13.1. The van der Waals surface area contributed by atoms with E-state index in [0.717, 1.165) is 6.20 Å². The van der Waals surface area contributed by atoms with Gasteiger partial charge in [-0.1, -0.05) is 13.8 Å². The average molecular weight is 364 g/mol. The summed E-state index contributed by atoms with van der Waals surface area (Å²) in [5.74, 6) is -2.50. The van der Waals surface area contributed by atoms with Crippen molar-refractivity contribution in [1.29, 1.82) is 0 Å². The Morgan fingerprint density at radius 3 is 2.71 bits per heavy atom. The van der Waals surface area contributed by atoms with Crippen molar-refractivity contribution in [2.24, 2.45) is 11.8 Å². The Morgan fingerprint density at radius 1 is 1.62 bits per heavy atom. The van der Waals surface area contributed by atoms with Crippen molar-refractivity contribution in [2.45, 2.75) is 38.0 Å². The van der Waals surface area contributed by atoms with Gasteiger partial charge in [-0.25, -0.2) is 9.18 Å². The largest absolute Gasteiger partial charge is 0.452 e. The number of esters is 1. The SMILES string of the molecule is CC(C)C(=O)OC1(C(F)C(O)n2ccc(N)nc2=O)C(O)C1CCl. The molecule has 1 aliphatic rings. The van der Waals surface area contributed by atoms with E-state index in [0.29, 0.717) is 4.57 Å². The van der Waals surface area contributed by atoms with E-state index >= 15 is 0 Å². The van der Waals surface area contributed by atoms with E-state index < -0.39 is 47.6 Å². The van der Waals surface area contributed by atoms with Crippen molar-refractivity contribution in [3.05, 3.63) is 22.7 Å². The number of nitrogens with two attached hydrogens (primary N) is 1. The number of hydrogen-bond acceptors (Lipinski definition) is 7. The summed E-state index contributed by atoms with van der Waals surface area (Å²) in [7, 11) is 0. The van der Waals surface area contributed by atoms with Crippen LogP contribution in [0.15, 0.2) is 17.1 Å². The Hall–Kier alpha value is -1.71. The van der Waals surface area contributed by atoms with Gasteiger partial charge < -0.3 is 20.7 Å². The second kappa shape index (κ2) is 6.66. The van der Waals surface area contributed by atoms with Crippen LogP contribution in [0.4, 0.5) is 10.2 Å². The first-order valence-electron chi connectivity index (χ1n) is 7.30. The van der Waals surface area contributed by atoms with Crippen LogP contribution in [0.1, 0.15) is 20.1 Å². The number of aromatic nitrogens is 2. The minimum Gasteiger partial charge on any atom is -0.452 e. The number of alkyl halides is 2. The summed E-state index contributed by atoms with van der Waals surface area (Å²) >= 11 is 5.69. The molecule has 0 radical (unpaired) electrons. The van der Waals surface area contributed by atoms with Crippen LogP contribution in [0.5, 0.6) is 0 Å². The molecule has 24 heavy (non-hydrogen) atoms. The molecule has 2 rings (SSSR count). The predicted molar refractivity (Wildman–Crippen MR) is 82.9 cm³/mol. The summed E-state index contributed by atoms with van der Waals surface area (Å²) in [5.41, 5.74) is 2.35. The number of nitrogen functional groups attached to an aromatic ring is 1. The molecule has 1 aliphatic carbocycles. The highest BCUT2D eigenvalue weighted by Gasteiger charge is 2.74. The summed E-state index contributed by atoms with van der Waals surface area (Å²) in [6.07, 6.45) is -4.65. The third kappa shape index (κ3) is 2.99. The maximum absolute atomic E-state index is 14.9. The van der Waals surface area contributed by atoms with Gasteiger partial charge in [-0.15, -0.1) is 11.6 Å². The lowest BCUT2D eigenvalue weighted by molar-refractivity contribution is -0.171. The van der Waals surface area contributed by atoms with Crippen LogP contribution < -0.4 is 11.4 Å². The van der Waals surface area contributed by atoms with Crippen molar-refractivity contribution in [1.82, 2.24) is 9.55 Å². The molecule has 0 aliphatic heterocycles. The topological polar surface area (TPSA) is 128 Å². The van der Waals surface area contributed by atoms with Crippen LogP contribution in [0.25, 0.3) is 0 Å². The summed E-state index contributed by atoms with van der Waals surface area (Å²) in [6, 6.07) is 1.20. The molecule has 0 amide bonds. The maximum Gasteiger partial charge on any atom is 0.351 e. The minimum absolute atomic E-state index is 0.0927. The summed E-state index contributed by atoms with van der Waals surface area (Å²) in [5, 5.41) is 20.2. The number of aliphatic hydroxyl groups excluding tert-OH is 2. The zero-order chi connectivity index (χ0) is 18.2. The fourth-order valence-electron chi connectivity index (χ4n) is 2.49. The zero-order valence-corrected chi connectivity index (χ0v) is 13.9. The molecule has 134 valence electrons. The number of rotatable bonds is 6. The molecule has 1 aromatic rings. The van der Waals surface area contributed by atoms with Crippen molar-refractivity contribution >= 4 is 23.4 Å². The highest BCUT2D eigenvalue weighted by molar-refractivity contribution is 6.18. The molecular formula is C14H19ClFN3O5. The van der Waals surface area contributed by atoms with Gasteiger partial charge in [0.2, 0.25) is 0 Å². The molecule has 1 fully saturated rings. The Balaban J connectivity index is 2.33. The molecule has 10 heteroatoms. The summed E-state index contributed by atoms with van der Waals surface area (Å²) in [6.45, 7) is 3.08. The van der Waals surface area contributed by atoms with Crippen molar-refractivity contribution in [3.63, 3.8) is 0 Å². The van der Waals surface area contributed by atoms with Crippen LogP contribution in [-0.4, -0.2) is 49.5 Å². The van der Waals surface area contributed by atoms with E-state index in [1.807, 2.05) is 0 Å². The molecule has 0 spiro atoms.